The van der Waals surface area contributed by atoms with Gasteiger partial charge in [0.1, 0.15) is 6.54 Å². The summed E-state index contributed by atoms with van der Waals surface area (Å²) in [7, 11) is 0. The molecule has 1 atom stereocenters. The van der Waals surface area contributed by atoms with Crippen LogP contribution in [0.25, 0.3) is 0 Å². The Morgan fingerprint density at radius 3 is 2.41 bits per heavy atom. The molecule has 0 aromatic heterocycles. The van der Waals surface area contributed by atoms with E-state index >= 15 is 0 Å². The molecule has 1 N–H and O–H groups in total. The van der Waals surface area contributed by atoms with Gasteiger partial charge < -0.3 is 10.2 Å². The smallest absolute Gasteiger partial charge is 0.333 e. The Morgan fingerprint density at radius 1 is 1.41 bits per heavy atom. The molecule has 1 heterocycles. The molecular weight excluding hydrogens is 233 g/mol. The first kappa shape index (κ1) is 14.3. The summed E-state index contributed by atoms with van der Waals surface area (Å²) in [5.74, 6) is -0.371. The molecule has 0 saturated carbocycles. The molecule has 0 aliphatic carbocycles. The zero-order valence-corrected chi connectivity index (χ0v) is 10.2. The van der Waals surface area contributed by atoms with Crippen LogP contribution in [0.15, 0.2) is 0 Å². The van der Waals surface area contributed by atoms with Crippen LogP contribution in [0.2, 0.25) is 0 Å². The van der Waals surface area contributed by atoms with Gasteiger partial charge in [-0.3, -0.25) is 4.79 Å². The molecule has 0 radical (unpaired) electrons. The number of rotatable bonds is 4. The van der Waals surface area contributed by atoms with Gasteiger partial charge in [-0.25, -0.2) is 0 Å². The van der Waals surface area contributed by atoms with Crippen LogP contribution in [0.4, 0.5) is 13.2 Å². The minimum atomic E-state index is -4.33. The lowest BCUT2D eigenvalue weighted by Crippen LogP contribution is -2.48. The van der Waals surface area contributed by atoms with E-state index in [1.807, 2.05) is 6.92 Å². The van der Waals surface area contributed by atoms with Crippen molar-refractivity contribution < 1.29 is 18.0 Å². The number of alkyl halides is 3. The van der Waals surface area contributed by atoms with Crippen LogP contribution >= 0.6 is 0 Å². The van der Waals surface area contributed by atoms with E-state index in [-0.39, 0.29) is 12.5 Å². The molecule has 1 unspecified atom stereocenters. The molecule has 6 heteroatoms. The molecule has 0 spiro atoms. The fourth-order valence-corrected chi connectivity index (χ4v) is 2.26. The van der Waals surface area contributed by atoms with Crippen molar-refractivity contribution >= 4 is 5.91 Å². The second-order valence-corrected chi connectivity index (χ2v) is 4.50. The second-order valence-electron chi connectivity index (χ2n) is 4.50. The van der Waals surface area contributed by atoms with Gasteiger partial charge in [0.15, 0.2) is 0 Å². The Labute approximate surface area is 99.4 Å². The maximum absolute atomic E-state index is 12.4. The van der Waals surface area contributed by atoms with Crippen molar-refractivity contribution in [1.29, 1.82) is 0 Å². The number of hydrogen-bond acceptors (Lipinski definition) is 2. The number of amides is 1. The van der Waals surface area contributed by atoms with E-state index in [1.165, 1.54) is 0 Å². The normalized spacial score (nSPS) is 25.0. The van der Waals surface area contributed by atoms with Crippen molar-refractivity contribution in [3.05, 3.63) is 0 Å². The lowest BCUT2D eigenvalue weighted by molar-refractivity contribution is -0.167. The number of nitrogens with one attached hydrogen (secondary N) is 1. The molecule has 0 aromatic rings. The van der Waals surface area contributed by atoms with Crippen LogP contribution in [0, 0.1) is 5.41 Å². The Hall–Kier alpha value is -0.780. The van der Waals surface area contributed by atoms with E-state index in [0.717, 1.165) is 4.90 Å². The number of carbonyl (C=O) groups excluding carboxylic acids is 1. The molecule has 0 aromatic carbocycles. The minimum Gasteiger partial charge on any atom is -0.333 e. The van der Waals surface area contributed by atoms with E-state index in [4.69, 9.17) is 0 Å². The quantitative estimate of drug-likeness (QED) is 0.827. The van der Waals surface area contributed by atoms with Crippen molar-refractivity contribution in [1.82, 2.24) is 10.2 Å². The monoisotopic (exact) mass is 252 g/mol. The first-order valence-electron chi connectivity index (χ1n) is 5.91. The minimum absolute atomic E-state index is 0.0973. The van der Waals surface area contributed by atoms with Gasteiger partial charge in [0.2, 0.25) is 5.91 Å². The third-order valence-corrected chi connectivity index (χ3v) is 3.41. The van der Waals surface area contributed by atoms with Gasteiger partial charge in [-0.2, -0.15) is 13.2 Å². The van der Waals surface area contributed by atoms with Gasteiger partial charge in [-0.05, 0) is 26.3 Å². The van der Waals surface area contributed by atoms with Crippen molar-refractivity contribution in [2.24, 2.45) is 5.41 Å². The second kappa shape index (κ2) is 5.25. The summed E-state index contributed by atoms with van der Waals surface area (Å²) in [5, 5.41) is 3.06. The van der Waals surface area contributed by atoms with Crippen molar-refractivity contribution in [3.8, 4) is 0 Å². The Bertz CT molecular complexity index is 272. The molecule has 1 aliphatic rings. The molecule has 1 aliphatic heterocycles. The third kappa shape index (κ3) is 3.34. The first-order valence-corrected chi connectivity index (χ1v) is 5.91. The van der Waals surface area contributed by atoms with E-state index < -0.39 is 18.1 Å². The summed E-state index contributed by atoms with van der Waals surface area (Å²) in [6.07, 6.45) is -3.13. The Balaban J connectivity index is 2.77. The zero-order valence-electron chi connectivity index (χ0n) is 10.2. The summed E-state index contributed by atoms with van der Waals surface area (Å²) in [6, 6.07) is 0. The average molecular weight is 252 g/mol. The zero-order chi connectivity index (χ0) is 13.1. The van der Waals surface area contributed by atoms with Crippen LogP contribution in [0.1, 0.15) is 26.7 Å². The van der Waals surface area contributed by atoms with Gasteiger partial charge in [-0.15, -0.1) is 0 Å². The van der Waals surface area contributed by atoms with Gasteiger partial charge in [0.25, 0.3) is 0 Å². The average Bonchev–Trinajstić information content (AvgIpc) is 2.73. The van der Waals surface area contributed by atoms with Crippen LogP contribution in [0.5, 0.6) is 0 Å². The topological polar surface area (TPSA) is 32.3 Å². The fraction of sp³-hybridized carbons (Fsp3) is 0.909. The molecule has 1 fully saturated rings. The summed E-state index contributed by atoms with van der Waals surface area (Å²) in [6.45, 7) is 3.56. The van der Waals surface area contributed by atoms with E-state index in [2.05, 4.69) is 5.32 Å². The maximum atomic E-state index is 12.4. The predicted octanol–water partition coefficient (Wildman–Crippen LogP) is 1.79. The number of hydrogen-bond donors (Lipinski definition) is 1. The number of carbonyl (C=O) groups is 1. The highest BCUT2D eigenvalue weighted by Crippen LogP contribution is 2.32. The van der Waals surface area contributed by atoms with Gasteiger partial charge in [0.05, 0.1) is 5.41 Å². The fourth-order valence-electron chi connectivity index (χ4n) is 2.26. The van der Waals surface area contributed by atoms with E-state index in [9.17, 15) is 18.0 Å². The maximum Gasteiger partial charge on any atom is 0.406 e. The first-order chi connectivity index (χ1) is 7.84. The SMILES string of the molecule is CCN(CC(F)(F)F)C(=O)C1(CC)CCNC1. The highest BCUT2D eigenvalue weighted by molar-refractivity contribution is 5.83. The summed E-state index contributed by atoms with van der Waals surface area (Å²) >= 11 is 0. The van der Waals surface area contributed by atoms with Crippen molar-refractivity contribution in [2.45, 2.75) is 32.9 Å². The van der Waals surface area contributed by atoms with Crippen molar-refractivity contribution in [2.75, 3.05) is 26.2 Å². The molecule has 1 saturated heterocycles. The largest absolute Gasteiger partial charge is 0.406 e. The van der Waals surface area contributed by atoms with Gasteiger partial charge in [-0.1, -0.05) is 6.92 Å². The van der Waals surface area contributed by atoms with Gasteiger partial charge in [0, 0.05) is 13.1 Å². The summed E-state index contributed by atoms with van der Waals surface area (Å²) in [5.41, 5.74) is -0.638. The van der Waals surface area contributed by atoms with Crippen LogP contribution in [0.3, 0.4) is 0 Å². The van der Waals surface area contributed by atoms with Crippen LogP contribution in [-0.4, -0.2) is 43.2 Å². The molecule has 0 bridgehead atoms. The molecular formula is C11H19F3N2O. The van der Waals surface area contributed by atoms with E-state index in [0.29, 0.717) is 25.9 Å². The van der Waals surface area contributed by atoms with Crippen molar-refractivity contribution in [3.63, 3.8) is 0 Å². The highest BCUT2D eigenvalue weighted by atomic mass is 19.4. The van der Waals surface area contributed by atoms with Crippen LogP contribution < -0.4 is 5.32 Å². The van der Waals surface area contributed by atoms with E-state index in [1.54, 1.807) is 6.92 Å². The molecule has 3 nitrogen and oxygen atoms in total. The highest BCUT2D eigenvalue weighted by Gasteiger charge is 2.44. The standard InChI is InChI=1S/C11H19F3N2O/c1-3-10(5-6-15-7-10)9(17)16(4-2)8-11(12,13)14/h15H,3-8H2,1-2H3. The molecule has 1 rings (SSSR count). The third-order valence-electron chi connectivity index (χ3n) is 3.41. The summed E-state index contributed by atoms with van der Waals surface area (Å²) in [4.78, 5) is 13.1. The molecule has 17 heavy (non-hydrogen) atoms. The Kier molecular flexibility index (Phi) is 4.41. The predicted molar refractivity (Wildman–Crippen MR) is 58.5 cm³/mol. The summed E-state index contributed by atoms with van der Waals surface area (Å²) < 4.78 is 37.1. The number of halogens is 3. The molecule has 1 amide bonds. The van der Waals surface area contributed by atoms with Gasteiger partial charge >= 0.3 is 6.18 Å². The lowest BCUT2D eigenvalue weighted by atomic mass is 9.82. The number of nitrogens with zero attached hydrogens (tertiary/aromatic N) is 1. The Morgan fingerprint density at radius 2 is 2.06 bits per heavy atom. The lowest BCUT2D eigenvalue weighted by Gasteiger charge is -2.33. The molecule has 100 valence electrons. The van der Waals surface area contributed by atoms with Crippen LogP contribution in [-0.2, 0) is 4.79 Å².